The molecule has 0 saturated carbocycles. The third kappa shape index (κ3) is 5.04. The van der Waals surface area contributed by atoms with Gasteiger partial charge in [-0.15, -0.1) is 11.3 Å². The Labute approximate surface area is 200 Å². The summed E-state index contributed by atoms with van der Waals surface area (Å²) in [6.07, 6.45) is 1.82. The minimum Gasteiger partial charge on any atom is -0.379 e. The second-order valence-electron chi connectivity index (χ2n) is 7.82. The number of amides is 1. The number of anilines is 2. The zero-order valence-corrected chi connectivity index (χ0v) is 19.5. The van der Waals surface area contributed by atoms with Gasteiger partial charge in [0.2, 0.25) is 0 Å². The number of carbonyl (C=O) groups excluding carboxylic acids is 1. The van der Waals surface area contributed by atoms with E-state index in [1.54, 1.807) is 0 Å². The summed E-state index contributed by atoms with van der Waals surface area (Å²) in [5.41, 5.74) is 4.24. The summed E-state index contributed by atoms with van der Waals surface area (Å²) in [5, 5.41) is 13.9. The Balaban J connectivity index is 1.29. The van der Waals surface area contributed by atoms with Crippen molar-refractivity contribution in [3.63, 3.8) is 0 Å². The van der Waals surface area contributed by atoms with Crippen molar-refractivity contribution < 1.29 is 9.53 Å². The predicted octanol–water partition coefficient (Wildman–Crippen LogP) is 4.55. The fraction of sp³-hybridized carbons (Fsp3) is 0.250. The number of fused-ring (bicyclic) bond motifs is 1. The lowest BCUT2D eigenvalue weighted by Crippen LogP contribution is -2.41. The van der Waals surface area contributed by atoms with E-state index in [0.29, 0.717) is 12.1 Å². The molecule has 0 atom stereocenters. The zero-order chi connectivity index (χ0) is 22.6. The number of morpholine rings is 1. The summed E-state index contributed by atoms with van der Waals surface area (Å²) in [7, 11) is 0. The fourth-order valence-electron chi connectivity index (χ4n) is 3.89. The van der Waals surface area contributed by atoms with Gasteiger partial charge in [0.25, 0.3) is 5.91 Å². The molecular formula is C24H24ClN5O2S. The number of rotatable bonds is 7. The molecule has 170 valence electrons. The third-order valence-corrected chi connectivity index (χ3v) is 6.81. The molecular weight excluding hydrogens is 458 g/mol. The monoisotopic (exact) mass is 481 g/mol. The molecule has 2 N–H and O–H groups in total. The Morgan fingerprint density at radius 3 is 2.85 bits per heavy atom. The van der Waals surface area contributed by atoms with Gasteiger partial charge in [0.1, 0.15) is 4.34 Å². The Morgan fingerprint density at radius 1 is 1.15 bits per heavy atom. The molecule has 5 rings (SSSR count). The van der Waals surface area contributed by atoms with Crippen molar-refractivity contribution >= 4 is 51.1 Å². The van der Waals surface area contributed by atoms with Gasteiger partial charge in [0.15, 0.2) is 0 Å². The smallest absolute Gasteiger partial charge is 0.251 e. The number of nitrogens with one attached hydrogen (secondary N) is 2. The molecule has 1 fully saturated rings. The van der Waals surface area contributed by atoms with Crippen molar-refractivity contribution in [2.45, 2.75) is 0 Å². The van der Waals surface area contributed by atoms with Gasteiger partial charge in [0.05, 0.1) is 36.3 Å². The lowest BCUT2D eigenvalue weighted by atomic mass is 10.1. The van der Waals surface area contributed by atoms with Gasteiger partial charge in [-0.3, -0.25) is 9.69 Å². The summed E-state index contributed by atoms with van der Waals surface area (Å²) in [6.45, 7) is 4.77. The molecule has 0 spiro atoms. The molecule has 0 bridgehead atoms. The van der Waals surface area contributed by atoms with Crippen molar-refractivity contribution in [1.29, 1.82) is 0 Å². The Morgan fingerprint density at radius 2 is 2.03 bits per heavy atom. The van der Waals surface area contributed by atoms with Crippen LogP contribution in [0.2, 0.25) is 4.34 Å². The molecule has 1 aliphatic heterocycles. The van der Waals surface area contributed by atoms with Crippen LogP contribution in [0.3, 0.4) is 0 Å². The van der Waals surface area contributed by atoms with E-state index in [1.807, 2.05) is 64.8 Å². The summed E-state index contributed by atoms with van der Waals surface area (Å²) in [4.78, 5) is 15.0. The SMILES string of the molecule is O=C(NCCN1CCOCC1)c1cccc(-n2ncc3cc(Nc4ccsc4Cl)ccc32)c1. The van der Waals surface area contributed by atoms with Gasteiger partial charge in [-0.05, 0) is 47.8 Å². The molecule has 9 heteroatoms. The molecule has 2 aromatic heterocycles. The molecule has 1 amide bonds. The van der Waals surface area contributed by atoms with Crippen molar-refractivity contribution in [3.8, 4) is 5.69 Å². The lowest BCUT2D eigenvalue weighted by Gasteiger charge is -2.26. The van der Waals surface area contributed by atoms with Gasteiger partial charge in [-0.1, -0.05) is 17.7 Å². The highest BCUT2D eigenvalue weighted by atomic mass is 35.5. The first-order valence-electron chi connectivity index (χ1n) is 10.8. The first-order valence-corrected chi connectivity index (χ1v) is 12.1. The van der Waals surface area contributed by atoms with Crippen LogP contribution in [-0.4, -0.2) is 60.0 Å². The lowest BCUT2D eigenvalue weighted by molar-refractivity contribution is 0.0383. The van der Waals surface area contributed by atoms with Crippen LogP contribution >= 0.6 is 22.9 Å². The molecule has 1 aliphatic rings. The summed E-state index contributed by atoms with van der Waals surface area (Å²) < 4.78 is 7.94. The van der Waals surface area contributed by atoms with Gasteiger partial charge >= 0.3 is 0 Å². The maximum atomic E-state index is 12.7. The minimum absolute atomic E-state index is 0.0827. The van der Waals surface area contributed by atoms with Crippen LogP contribution < -0.4 is 10.6 Å². The van der Waals surface area contributed by atoms with Gasteiger partial charge in [-0.25, -0.2) is 4.68 Å². The third-order valence-electron chi connectivity index (χ3n) is 5.64. The number of hydrogen-bond donors (Lipinski definition) is 2. The van der Waals surface area contributed by atoms with E-state index in [1.165, 1.54) is 11.3 Å². The number of hydrogen-bond acceptors (Lipinski definition) is 6. The average Bonchev–Trinajstić information content (AvgIpc) is 3.45. The maximum Gasteiger partial charge on any atom is 0.251 e. The van der Waals surface area contributed by atoms with Gasteiger partial charge < -0.3 is 15.4 Å². The van der Waals surface area contributed by atoms with E-state index in [2.05, 4.69) is 20.6 Å². The summed E-state index contributed by atoms with van der Waals surface area (Å²) >= 11 is 7.69. The van der Waals surface area contributed by atoms with Crippen LogP contribution in [0.25, 0.3) is 16.6 Å². The standard InChI is InChI=1S/C24H24ClN5O2S/c25-23-21(6-13-33-23)28-19-4-5-22-18(14-19)16-27-30(22)20-3-1-2-17(15-20)24(31)26-7-8-29-9-11-32-12-10-29/h1-6,13-16,28H,7-12H2,(H,26,31). The first-order chi connectivity index (χ1) is 16.2. The molecule has 2 aromatic carbocycles. The van der Waals surface area contributed by atoms with Crippen LogP contribution in [0.1, 0.15) is 10.4 Å². The van der Waals surface area contributed by atoms with Crippen molar-refractivity contribution in [3.05, 3.63) is 70.0 Å². The number of carbonyl (C=O) groups is 1. The van der Waals surface area contributed by atoms with Gasteiger partial charge in [0, 0.05) is 42.8 Å². The topological polar surface area (TPSA) is 71.4 Å². The quantitative estimate of drug-likeness (QED) is 0.405. The van der Waals surface area contributed by atoms with E-state index in [-0.39, 0.29) is 5.91 Å². The first kappa shape index (κ1) is 21.9. The molecule has 7 nitrogen and oxygen atoms in total. The van der Waals surface area contributed by atoms with E-state index < -0.39 is 0 Å². The van der Waals surface area contributed by atoms with E-state index in [0.717, 1.165) is 65.1 Å². The van der Waals surface area contributed by atoms with Crippen molar-refractivity contribution in [2.24, 2.45) is 0 Å². The average molecular weight is 482 g/mol. The Kier molecular flexibility index (Phi) is 6.59. The Bertz CT molecular complexity index is 1260. The number of thiophene rings is 1. The zero-order valence-electron chi connectivity index (χ0n) is 18.0. The number of nitrogens with zero attached hydrogens (tertiary/aromatic N) is 3. The molecule has 1 saturated heterocycles. The normalized spacial score (nSPS) is 14.5. The summed E-state index contributed by atoms with van der Waals surface area (Å²) in [6, 6.07) is 15.5. The molecule has 0 unspecified atom stereocenters. The highest BCUT2D eigenvalue weighted by Crippen LogP contribution is 2.31. The molecule has 4 aromatic rings. The largest absolute Gasteiger partial charge is 0.379 e. The number of aromatic nitrogens is 2. The predicted molar refractivity (Wildman–Crippen MR) is 133 cm³/mol. The maximum absolute atomic E-state index is 12.7. The second kappa shape index (κ2) is 9.93. The van der Waals surface area contributed by atoms with Crippen LogP contribution in [0.15, 0.2) is 60.1 Å². The van der Waals surface area contributed by atoms with E-state index in [9.17, 15) is 4.79 Å². The van der Waals surface area contributed by atoms with Crippen LogP contribution in [0.5, 0.6) is 0 Å². The van der Waals surface area contributed by atoms with Crippen molar-refractivity contribution in [2.75, 3.05) is 44.7 Å². The number of ether oxygens (including phenoxy) is 1. The van der Waals surface area contributed by atoms with E-state index in [4.69, 9.17) is 16.3 Å². The molecule has 0 aliphatic carbocycles. The minimum atomic E-state index is -0.0827. The molecule has 3 heterocycles. The fourth-order valence-corrected chi connectivity index (χ4v) is 4.72. The van der Waals surface area contributed by atoms with Crippen LogP contribution in [0, 0.1) is 0 Å². The molecule has 0 radical (unpaired) electrons. The highest BCUT2D eigenvalue weighted by Gasteiger charge is 2.13. The number of halogens is 1. The highest BCUT2D eigenvalue weighted by molar-refractivity contribution is 7.15. The Hall–Kier alpha value is -2.91. The summed E-state index contributed by atoms with van der Waals surface area (Å²) in [5.74, 6) is -0.0827. The van der Waals surface area contributed by atoms with Crippen molar-refractivity contribution in [1.82, 2.24) is 20.0 Å². The number of benzene rings is 2. The van der Waals surface area contributed by atoms with Crippen LogP contribution in [0.4, 0.5) is 11.4 Å². The van der Waals surface area contributed by atoms with E-state index >= 15 is 0 Å². The second-order valence-corrected chi connectivity index (χ2v) is 9.34. The van der Waals surface area contributed by atoms with Crippen LogP contribution in [-0.2, 0) is 4.74 Å². The molecule has 33 heavy (non-hydrogen) atoms. The van der Waals surface area contributed by atoms with Gasteiger partial charge in [-0.2, -0.15) is 5.10 Å².